The highest BCUT2D eigenvalue weighted by Crippen LogP contribution is 2.19. The molecular formula is C17H19N3O3S. The SMILES string of the molecule is Cc1ccc(S(=O)(=O)N2CCN(C(=O)c3ccncc3)CC2)cc1. The molecule has 7 heteroatoms. The van der Waals surface area contributed by atoms with E-state index in [1.807, 2.05) is 6.92 Å². The van der Waals surface area contributed by atoms with Gasteiger partial charge in [0, 0.05) is 44.1 Å². The molecule has 1 saturated heterocycles. The van der Waals surface area contributed by atoms with Crippen LogP contribution >= 0.6 is 0 Å². The van der Waals surface area contributed by atoms with Crippen LogP contribution < -0.4 is 0 Å². The molecule has 1 aliphatic heterocycles. The number of amides is 1. The minimum Gasteiger partial charge on any atom is -0.336 e. The zero-order valence-corrected chi connectivity index (χ0v) is 14.2. The van der Waals surface area contributed by atoms with Gasteiger partial charge in [-0.15, -0.1) is 0 Å². The van der Waals surface area contributed by atoms with E-state index in [1.165, 1.54) is 4.31 Å². The molecule has 1 aromatic carbocycles. The fourth-order valence-electron chi connectivity index (χ4n) is 2.67. The molecule has 126 valence electrons. The van der Waals surface area contributed by atoms with Gasteiger partial charge in [-0.05, 0) is 31.2 Å². The molecule has 0 spiro atoms. The average molecular weight is 345 g/mol. The Morgan fingerprint density at radius 3 is 2.12 bits per heavy atom. The molecule has 0 saturated carbocycles. The second-order valence-electron chi connectivity index (χ2n) is 5.75. The minimum atomic E-state index is -3.51. The fraction of sp³-hybridized carbons (Fsp3) is 0.294. The van der Waals surface area contributed by atoms with E-state index in [0.29, 0.717) is 36.6 Å². The molecule has 1 aliphatic rings. The lowest BCUT2D eigenvalue weighted by atomic mass is 10.2. The van der Waals surface area contributed by atoms with E-state index in [0.717, 1.165) is 5.56 Å². The minimum absolute atomic E-state index is 0.0928. The summed E-state index contributed by atoms with van der Waals surface area (Å²) in [5.41, 5.74) is 1.58. The Morgan fingerprint density at radius 2 is 1.54 bits per heavy atom. The van der Waals surface area contributed by atoms with Crippen molar-refractivity contribution >= 4 is 15.9 Å². The van der Waals surface area contributed by atoms with Gasteiger partial charge in [-0.1, -0.05) is 17.7 Å². The van der Waals surface area contributed by atoms with Gasteiger partial charge in [0.1, 0.15) is 0 Å². The predicted molar refractivity (Wildman–Crippen MR) is 90.1 cm³/mol. The molecule has 2 heterocycles. The van der Waals surface area contributed by atoms with Gasteiger partial charge in [-0.25, -0.2) is 8.42 Å². The third kappa shape index (κ3) is 3.32. The summed E-state index contributed by atoms with van der Waals surface area (Å²) in [7, 11) is -3.51. The molecule has 6 nitrogen and oxygen atoms in total. The normalized spacial score (nSPS) is 16.1. The monoisotopic (exact) mass is 345 g/mol. The summed E-state index contributed by atoms with van der Waals surface area (Å²) in [6.45, 7) is 3.28. The summed E-state index contributed by atoms with van der Waals surface area (Å²) in [5, 5.41) is 0. The lowest BCUT2D eigenvalue weighted by molar-refractivity contribution is 0.0698. The van der Waals surface area contributed by atoms with Crippen LogP contribution in [0.2, 0.25) is 0 Å². The van der Waals surface area contributed by atoms with Gasteiger partial charge in [0.2, 0.25) is 10.0 Å². The maximum Gasteiger partial charge on any atom is 0.254 e. The molecule has 0 bridgehead atoms. The van der Waals surface area contributed by atoms with Crippen LogP contribution in [0, 0.1) is 6.92 Å². The molecule has 24 heavy (non-hydrogen) atoms. The van der Waals surface area contributed by atoms with Gasteiger partial charge in [0.15, 0.2) is 0 Å². The number of aromatic nitrogens is 1. The Balaban J connectivity index is 1.68. The van der Waals surface area contributed by atoms with E-state index in [2.05, 4.69) is 4.98 Å². The molecule has 2 aromatic rings. The van der Waals surface area contributed by atoms with Crippen LogP contribution in [-0.4, -0.2) is 54.7 Å². The van der Waals surface area contributed by atoms with E-state index in [-0.39, 0.29) is 5.91 Å². The zero-order valence-electron chi connectivity index (χ0n) is 13.4. The van der Waals surface area contributed by atoms with Crippen molar-refractivity contribution in [3.8, 4) is 0 Å². The largest absolute Gasteiger partial charge is 0.336 e. The van der Waals surface area contributed by atoms with Gasteiger partial charge in [0.25, 0.3) is 5.91 Å². The number of pyridine rings is 1. The quantitative estimate of drug-likeness (QED) is 0.846. The summed E-state index contributed by atoms with van der Waals surface area (Å²) >= 11 is 0. The third-order valence-electron chi connectivity index (χ3n) is 4.11. The Kier molecular flexibility index (Phi) is 4.64. The van der Waals surface area contributed by atoms with Crippen molar-refractivity contribution in [3.63, 3.8) is 0 Å². The third-order valence-corrected chi connectivity index (χ3v) is 6.02. The number of rotatable bonds is 3. The molecule has 0 atom stereocenters. The van der Waals surface area contributed by atoms with Crippen LogP contribution in [-0.2, 0) is 10.0 Å². The maximum absolute atomic E-state index is 12.7. The van der Waals surface area contributed by atoms with Crippen LogP contribution in [0.1, 0.15) is 15.9 Å². The molecule has 0 aliphatic carbocycles. The molecule has 0 unspecified atom stereocenters. The van der Waals surface area contributed by atoms with E-state index in [4.69, 9.17) is 0 Å². The van der Waals surface area contributed by atoms with Crippen LogP contribution in [0.4, 0.5) is 0 Å². The summed E-state index contributed by atoms with van der Waals surface area (Å²) in [6, 6.07) is 10.2. The number of sulfonamides is 1. The Morgan fingerprint density at radius 1 is 0.958 bits per heavy atom. The first-order valence-electron chi connectivity index (χ1n) is 7.74. The second kappa shape index (κ2) is 6.70. The summed E-state index contributed by atoms with van der Waals surface area (Å²) in [6.07, 6.45) is 3.15. The van der Waals surface area contributed by atoms with Crippen LogP contribution in [0.25, 0.3) is 0 Å². The number of piperazine rings is 1. The number of hydrogen-bond acceptors (Lipinski definition) is 4. The average Bonchev–Trinajstić information content (AvgIpc) is 2.62. The number of carbonyl (C=O) groups is 1. The van der Waals surface area contributed by atoms with Gasteiger partial charge < -0.3 is 4.90 Å². The fourth-order valence-corrected chi connectivity index (χ4v) is 4.09. The Bertz CT molecular complexity index is 812. The van der Waals surface area contributed by atoms with Gasteiger partial charge in [-0.3, -0.25) is 9.78 Å². The molecule has 1 aromatic heterocycles. The van der Waals surface area contributed by atoms with Crippen molar-refractivity contribution < 1.29 is 13.2 Å². The van der Waals surface area contributed by atoms with Crippen molar-refractivity contribution in [3.05, 3.63) is 59.9 Å². The standard InChI is InChI=1S/C17H19N3O3S/c1-14-2-4-16(5-3-14)24(22,23)20-12-10-19(11-13-20)17(21)15-6-8-18-9-7-15/h2-9H,10-13H2,1H3. The van der Waals surface area contributed by atoms with Crippen LogP contribution in [0.3, 0.4) is 0 Å². The number of aryl methyl sites for hydroxylation is 1. The van der Waals surface area contributed by atoms with Crippen molar-refractivity contribution in [1.29, 1.82) is 0 Å². The molecular weight excluding hydrogens is 326 g/mol. The van der Waals surface area contributed by atoms with E-state index >= 15 is 0 Å². The van der Waals surface area contributed by atoms with Gasteiger partial charge in [-0.2, -0.15) is 4.31 Å². The maximum atomic E-state index is 12.7. The molecule has 1 amide bonds. The van der Waals surface area contributed by atoms with Crippen LogP contribution in [0.15, 0.2) is 53.7 Å². The Hall–Kier alpha value is -2.25. The highest BCUT2D eigenvalue weighted by atomic mass is 32.2. The topological polar surface area (TPSA) is 70.6 Å². The van der Waals surface area contributed by atoms with E-state index in [9.17, 15) is 13.2 Å². The van der Waals surface area contributed by atoms with Gasteiger partial charge >= 0.3 is 0 Å². The van der Waals surface area contributed by atoms with Gasteiger partial charge in [0.05, 0.1) is 4.90 Å². The summed E-state index contributed by atoms with van der Waals surface area (Å²) in [4.78, 5) is 18.3. The first kappa shape index (κ1) is 16.6. The first-order valence-corrected chi connectivity index (χ1v) is 9.18. The Labute approximate surface area is 141 Å². The number of hydrogen-bond donors (Lipinski definition) is 0. The molecule has 0 radical (unpaired) electrons. The number of carbonyl (C=O) groups excluding carboxylic acids is 1. The lowest BCUT2D eigenvalue weighted by Gasteiger charge is -2.34. The highest BCUT2D eigenvalue weighted by Gasteiger charge is 2.30. The first-order chi connectivity index (χ1) is 11.5. The van der Waals surface area contributed by atoms with E-state index < -0.39 is 10.0 Å². The number of nitrogens with zero attached hydrogens (tertiary/aromatic N) is 3. The highest BCUT2D eigenvalue weighted by molar-refractivity contribution is 7.89. The molecule has 1 fully saturated rings. The van der Waals surface area contributed by atoms with Crippen molar-refractivity contribution in [2.24, 2.45) is 0 Å². The lowest BCUT2D eigenvalue weighted by Crippen LogP contribution is -2.50. The summed E-state index contributed by atoms with van der Waals surface area (Å²) in [5.74, 6) is -0.0928. The molecule has 0 N–H and O–H groups in total. The van der Waals surface area contributed by atoms with Crippen molar-refractivity contribution in [2.75, 3.05) is 26.2 Å². The van der Waals surface area contributed by atoms with Crippen molar-refractivity contribution in [2.45, 2.75) is 11.8 Å². The van der Waals surface area contributed by atoms with E-state index in [1.54, 1.807) is 53.7 Å². The smallest absolute Gasteiger partial charge is 0.254 e. The predicted octanol–water partition coefficient (Wildman–Crippen LogP) is 1.54. The van der Waals surface area contributed by atoms with Crippen molar-refractivity contribution in [1.82, 2.24) is 14.2 Å². The zero-order chi connectivity index (χ0) is 17.2. The molecule has 3 rings (SSSR count). The van der Waals surface area contributed by atoms with Crippen LogP contribution in [0.5, 0.6) is 0 Å². The summed E-state index contributed by atoms with van der Waals surface area (Å²) < 4.78 is 26.8. The second-order valence-corrected chi connectivity index (χ2v) is 7.68. The number of benzene rings is 1.